The Labute approximate surface area is 228 Å². The van der Waals surface area contributed by atoms with Crippen LogP contribution in [0.5, 0.6) is 0 Å². The van der Waals surface area contributed by atoms with Crippen molar-refractivity contribution in [1.29, 1.82) is 0 Å². The first kappa shape index (κ1) is 25.6. The molecule has 2 aromatic carbocycles. The zero-order valence-electron chi connectivity index (χ0n) is 23.4. The first-order valence-corrected chi connectivity index (χ1v) is 14.9. The summed E-state index contributed by atoms with van der Waals surface area (Å²) in [6, 6.07) is 20.3. The molecule has 3 saturated carbocycles. The molecule has 4 aliphatic rings. The molecule has 1 spiro atoms. The van der Waals surface area contributed by atoms with Gasteiger partial charge in [-0.3, -0.25) is 4.99 Å². The molecular weight excluding hydrogens is 466 g/mol. The highest BCUT2D eigenvalue weighted by molar-refractivity contribution is 6.13. The van der Waals surface area contributed by atoms with Crippen molar-refractivity contribution in [2.75, 3.05) is 6.61 Å². The Balaban J connectivity index is 1.26. The van der Waals surface area contributed by atoms with Crippen LogP contribution in [0.15, 0.2) is 77.3 Å². The molecular formula is C35H43NO2. The van der Waals surface area contributed by atoms with Gasteiger partial charge >= 0.3 is 5.97 Å². The Hall–Kier alpha value is -2.68. The standard InChI is InChI=1S/C35H43NO2/c1-33(2)19-11-20-34(3)29(33)18-21-35(22-23-35)30(34)17-10-16-27-28(24-38-32(27)37)36-31(25-12-6-4-7-13-25)26-14-8-5-9-15-26/h4-9,12-16,28-30H,10-11,17-24H2,1-3H3/b27-16+/t28-,29+,30-,34+/m1/s1. The zero-order valence-corrected chi connectivity index (χ0v) is 23.4. The Bertz CT molecular complexity index is 1180. The van der Waals surface area contributed by atoms with Gasteiger partial charge in [-0.1, -0.05) is 93.9 Å². The van der Waals surface area contributed by atoms with Crippen LogP contribution >= 0.6 is 0 Å². The Morgan fingerprint density at radius 2 is 1.58 bits per heavy atom. The molecule has 0 radical (unpaired) electrons. The summed E-state index contributed by atoms with van der Waals surface area (Å²) < 4.78 is 5.57. The SMILES string of the molecule is CC1(C)CCC[C@@]2(C)[C@H]1CCC1(CC1)[C@@H]2CC/C=C1/C(=O)OC[C@H]1N=C(c1ccccc1)c1ccccc1. The average Bonchev–Trinajstić information content (AvgIpc) is 3.60. The van der Waals surface area contributed by atoms with Crippen molar-refractivity contribution in [3.63, 3.8) is 0 Å². The van der Waals surface area contributed by atoms with E-state index < -0.39 is 0 Å². The van der Waals surface area contributed by atoms with E-state index in [9.17, 15) is 4.79 Å². The number of allylic oxidation sites excluding steroid dienone is 1. The third kappa shape index (κ3) is 4.56. The number of rotatable bonds is 6. The van der Waals surface area contributed by atoms with Crippen LogP contribution in [-0.2, 0) is 9.53 Å². The molecule has 4 atom stereocenters. The summed E-state index contributed by atoms with van der Waals surface area (Å²) >= 11 is 0. The summed E-state index contributed by atoms with van der Waals surface area (Å²) in [5.74, 6) is 1.39. The third-order valence-electron chi connectivity index (χ3n) is 10.8. The molecule has 2 aromatic rings. The minimum atomic E-state index is -0.254. The van der Waals surface area contributed by atoms with Gasteiger partial charge in [0.1, 0.15) is 12.6 Å². The molecule has 3 nitrogen and oxygen atoms in total. The van der Waals surface area contributed by atoms with Crippen LogP contribution in [-0.4, -0.2) is 24.3 Å². The lowest BCUT2D eigenvalue weighted by Crippen LogP contribution is -2.52. The number of carbonyl (C=O) groups excluding carboxylic acids is 1. The average molecular weight is 510 g/mol. The van der Waals surface area contributed by atoms with E-state index in [2.05, 4.69) is 51.1 Å². The van der Waals surface area contributed by atoms with Gasteiger partial charge in [0.2, 0.25) is 0 Å². The van der Waals surface area contributed by atoms with Crippen LogP contribution in [0.1, 0.15) is 89.7 Å². The van der Waals surface area contributed by atoms with Gasteiger partial charge < -0.3 is 4.74 Å². The van der Waals surface area contributed by atoms with E-state index in [0.717, 1.165) is 40.7 Å². The molecule has 0 unspecified atom stereocenters. The Kier molecular flexibility index (Phi) is 6.61. The predicted molar refractivity (Wildman–Crippen MR) is 154 cm³/mol. The molecule has 1 saturated heterocycles. The number of hydrogen-bond acceptors (Lipinski definition) is 3. The zero-order chi connectivity index (χ0) is 26.4. The van der Waals surface area contributed by atoms with Crippen LogP contribution in [0.4, 0.5) is 0 Å². The van der Waals surface area contributed by atoms with Gasteiger partial charge in [-0.05, 0) is 79.4 Å². The predicted octanol–water partition coefficient (Wildman–Crippen LogP) is 8.18. The molecule has 3 heteroatoms. The van der Waals surface area contributed by atoms with Gasteiger partial charge in [0.15, 0.2) is 0 Å². The van der Waals surface area contributed by atoms with Crippen molar-refractivity contribution < 1.29 is 9.53 Å². The normalized spacial score (nSPS) is 32.0. The van der Waals surface area contributed by atoms with Crippen molar-refractivity contribution in [2.45, 2.75) is 84.6 Å². The minimum Gasteiger partial charge on any atom is -0.460 e. The van der Waals surface area contributed by atoms with E-state index in [-0.39, 0.29) is 12.0 Å². The number of aliphatic imine (C=N–C) groups is 1. The van der Waals surface area contributed by atoms with Crippen molar-refractivity contribution in [3.8, 4) is 0 Å². The molecule has 0 N–H and O–H groups in total. The largest absolute Gasteiger partial charge is 0.460 e. The van der Waals surface area contributed by atoms with E-state index in [1.807, 2.05) is 36.4 Å². The number of fused-ring (bicyclic) bond motifs is 1. The van der Waals surface area contributed by atoms with E-state index in [0.29, 0.717) is 22.9 Å². The number of hydrogen-bond donors (Lipinski definition) is 0. The lowest BCUT2D eigenvalue weighted by molar-refractivity contribution is -0.135. The lowest BCUT2D eigenvalue weighted by atomic mass is 9.45. The summed E-state index contributed by atoms with van der Waals surface area (Å²) in [6.07, 6.45) is 14.0. The van der Waals surface area contributed by atoms with Crippen LogP contribution in [0.25, 0.3) is 0 Å². The van der Waals surface area contributed by atoms with E-state index in [4.69, 9.17) is 9.73 Å². The molecule has 38 heavy (non-hydrogen) atoms. The number of ether oxygens (including phenoxy) is 1. The summed E-state index contributed by atoms with van der Waals surface area (Å²) in [5.41, 5.74) is 5.24. The van der Waals surface area contributed by atoms with Crippen LogP contribution < -0.4 is 0 Å². The van der Waals surface area contributed by atoms with E-state index in [1.165, 1.54) is 51.4 Å². The van der Waals surface area contributed by atoms with E-state index in [1.54, 1.807) is 0 Å². The van der Waals surface area contributed by atoms with Gasteiger partial charge in [0.05, 0.1) is 11.3 Å². The van der Waals surface area contributed by atoms with Crippen LogP contribution in [0.3, 0.4) is 0 Å². The molecule has 0 bridgehead atoms. The summed E-state index contributed by atoms with van der Waals surface area (Å²) in [4.78, 5) is 18.0. The van der Waals surface area contributed by atoms with Gasteiger partial charge in [-0.2, -0.15) is 0 Å². The molecule has 200 valence electrons. The summed E-state index contributed by atoms with van der Waals surface area (Å²) in [6.45, 7) is 7.99. The molecule has 4 fully saturated rings. The molecule has 0 aromatic heterocycles. The van der Waals surface area contributed by atoms with Crippen LogP contribution in [0, 0.1) is 28.1 Å². The van der Waals surface area contributed by atoms with Crippen molar-refractivity contribution >= 4 is 11.7 Å². The highest BCUT2D eigenvalue weighted by Gasteiger charge is 2.62. The summed E-state index contributed by atoms with van der Waals surface area (Å²) in [5, 5.41) is 0. The number of nitrogens with zero attached hydrogens (tertiary/aromatic N) is 1. The number of carbonyl (C=O) groups is 1. The summed E-state index contributed by atoms with van der Waals surface area (Å²) in [7, 11) is 0. The molecule has 6 rings (SSSR count). The fourth-order valence-electron chi connectivity index (χ4n) is 8.86. The monoisotopic (exact) mass is 509 g/mol. The highest BCUT2D eigenvalue weighted by Crippen LogP contribution is 2.72. The maximum atomic E-state index is 12.9. The van der Waals surface area contributed by atoms with Gasteiger partial charge in [0, 0.05) is 11.1 Å². The second-order valence-corrected chi connectivity index (χ2v) is 13.4. The fraction of sp³-hybridized carbons (Fsp3) is 0.543. The highest BCUT2D eigenvalue weighted by atomic mass is 16.5. The maximum Gasteiger partial charge on any atom is 0.336 e. The Morgan fingerprint density at radius 1 is 0.921 bits per heavy atom. The minimum absolute atomic E-state index is 0.188. The number of benzene rings is 2. The first-order valence-electron chi connectivity index (χ1n) is 14.9. The number of cyclic esters (lactones) is 1. The topological polar surface area (TPSA) is 38.7 Å². The third-order valence-corrected chi connectivity index (χ3v) is 10.8. The van der Waals surface area contributed by atoms with Crippen LogP contribution in [0.2, 0.25) is 0 Å². The van der Waals surface area contributed by atoms with Gasteiger partial charge in [0.25, 0.3) is 0 Å². The Morgan fingerprint density at radius 3 is 2.21 bits per heavy atom. The molecule has 1 heterocycles. The number of esters is 1. The molecule has 3 aliphatic carbocycles. The van der Waals surface area contributed by atoms with Gasteiger partial charge in [-0.15, -0.1) is 0 Å². The van der Waals surface area contributed by atoms with Crippen molar-refractivity contribution in [2.24, 2.45) is 33.1 Å². The quantitative estimate of drug-likeness (QED) is 0.224. The second-order valence-electron chi connectivity index (χ2n) is 13.4. The van der Waals surface area contributed by atoms with Crippen molar-refractivity contribution in [3.05, 3.63) is 83.4 Å². The second kappa shape index (κ2) is 9.81. The maximum absolute atomic E-state index is 12.9. The van der Waals surface area contributed by atoms with Crippen molar-refractivity contribution in [1.82, 2.24) is 0 Å². The van der Waals surface area contributed by atoms with Gasteiger partial charge in [-0.25, -0.2) is 4.79 Å². The fourth-order valence-corrected chi connectivity index (χ4v) is 8.86. The smallest absolute Gasteiger partial charge is 0.336 e. The van der Waals surface area contributed by atoms with E-state index >= 15 is 0 Å². The lowest BCUT2D eigenvalue weighted by Gasteiger charge is -2.60. The molecule has 1 aliphatic heterocycles. The first-order chi connectivity index (χ1) is 18.3. The molecule has 0 amide bonds.